The zero-order valence-electron chi connectivity index (χ0n) is 13.2. The molecule has 0 bridgehead atoms. The lowest BCUT2D eigenvalue weighted by Crippen LogP contribution is -2.03. The Morgan fingerprint density at radius 2 is 1.71 bits per heavy atom. The molecule has 0 atom stereocenters. The van der Waals surface area contributed by atoms with Crippen LogP contribution in [0, 0.1) is 0 Å². The molecule has 1 aromatic heterocycles. The summed E-state index contributed by atoms with van der Waals surface area (Å²) in [6.07, 6.45) is 0. The standard InChI is InChI=1S/C20H18N2OS/c23-13-12-22-19-11-4-3-10-18(19)21-20(22)24-14-16-8-5-7-15-6-1-2-9-17(15)16/h1-11,23H,12-14H2. The number of nitrogens with zero attached hydrogens (tertiary/aromatic N) is 2. The Labute approximate surface area is 145 Å². The molecule has 120 valence electrons. The van der Waals surface area contributed by atoms with E-state index in [1.54, 1.807) is 11.8 Å². The van der Waals surface area contributed by atoms with Crippen LogP contribution in [0.15, 0.2) is 71.9 Å². The molecule has 0 aliphatic heterocycles. The maximum Gasteiger partial charge on any atom is 0.169 e. The minimum Gasteiger partial charge on any atom is -0.395 e. The van der Waals surface area contributed by atoms with Crippen LogP contribution in [0.25, 0.3) is 21.8 Å². The predicted octanol–water partition coefficient (Wildman–Crippen LogP) is 4.47. The second-order valence-electron chi connectivity index (χ2n) is 5.69. The number of aromatic nitrogens is 2. The monoisotopic (exact) mass is 334 g/mol. The SMILES string of the molecule is OCCn1c(SCc2cccc3ccccc23)nc2ccccc21. The van der Waals surface area contributed by atoms with Gasteiger partial charge in [0.25, 0.3) is 0 Å². The maximum absolute atomic E-state index is 9.39. The molecule has 1 N–H and O–H groups in total. The molecule has 3 aromatic carbocycles. The normalized spacial score (nSPS) is 11.4. The molecule has 0 saturated heterocycles. The molecular weight excluding hydrogens is 316 g/mol. The van der Waals surface area contributed by atoms with Gasteiger partial charge in [0.15, 0.2) is 5.16 Å². The largest absolute Gasteiger partial charge is 0.395 e. The summed E-state index contributed by atoms with van der Waals surface area (Å²) in [5.41, 5.74) is 3.36. The van der Waals surface area contributed by atoms with Crippen LogP contribution < -0.4 is 0 Å². The predicted molar refractivity (Wildman–Crippen MR) is 100 cm³/mol. The minimum atomic E-state index is 0.113. The molecule has 0 aliphatic carbocycles. The smallest absolute Gasteiger partial charge is 0.169 e. The fraction of sp³-hybridized carbons (Fsp3) is 0.150. The molecule has 0 saturated carbocycles. The van der Waals surface area contributed by atoms with Gasteiger partial charge in [-0.05, 0) is 28.5 Å². The minimum absolute atomic E-state index is 0.113. The third kappa shape index (κ3) is 2.79. The summed E-state index contributed by atoms with van der Waals surface area (Å²) in [6.45, 7) is 0.681. The van der Waals surface area contributed by atoms with E-state index in [0.29, 0.717) is 6.54 Å². The Hall–Kier alpha value is -2.30. The van der Waals surface area contributed by atoms with E-state index in [1.165, 1.54) is 16.3 Å². The van der Waals surface area contributed by atoms with Crippen molar-refractivity contribution >= 4 is 33.6 Å². The van der Waals surface area contributed by atoms with Gasteiger partial charge in [-0.2, -0.15) is 0 Å². The van der Waals surface area contributed by atoms with Crippen LogP contribution in [-0.4, -0.2) is 21.3 Å². The van der Waals surface area contributed by atoms with Gasteiger partial charge in [0.2, 0.25) is 0 Å². The first-order valence-electron chi connectivity index (χ1n) is 8.02. The fourth-order valence-corrected chi connectivity index (χ4v) is 4.09. The molecule has 4 heteroatoms. The van der Waals surface area contributed by atoms with Crippen molar-refractivity contribution in [2.45, 2.75) is 17.5 Å². The average Bonchev–Trinajstić information content (AvgIpc) is 2.98. The first-order valence-corrected chi connectivity index (χ1v) is 9.01. The van der Waals surface area contributed by atoms with Gasteiger partial charge in [-0.1, -0.05) is 66.4 Å². The number of imidazole rings is 1. The second-order valence-corrected chi connectivity index (χ2v) is 6.63. The van der Waals surface area contributed by atoms with Crippen LogP contribution in [0.3, 0.4) is 0 Å². The van der Waals surface area contributed by atoms with Gasteiger partial charge in [-0.3, -0.25) is 0 Å². The summed E-state index contributed by atoms with van der Waals surface area (Å²) in [7, 11) is 0. The number of aliphatic hydroxyl groups is 1. The number of benzene rings is 3. The van der Waals surface area contributed by atoms with Crippen LogP contribution in [0.2, 0.25) is 0 Å². The van der Waals surface area contributed by atoms with Crippen LogP contribution in [-0.2, 0) is 12.3 Å². The highest BCUT2D eigenvalue weighted by molar-refractivity contribution is 7.98. The molecule has 0 unspecified atom stereocenters. The molecule has 1 heterocycles. The number of hydrogen-bond acceptors (Lipinski definition) is 3. The summed E-state index contributed by atoms with van der Waals surface area (Å²) in [5, 5.41) is 12.9. The number of aliphatic hydroxyl groups excluding tert-OH is 1. The number of thioether (sulfide) groups is 1. The van der Waals surface area contributed by atoms with E-state index in [1.807, 2.05) is 18.2 Å². The molecule has 4 aromatic rings. The first-order chi connectivity index (χ1) is 11.9. The molecule has 0 fully saturated rings. The lowest BCUT2D eigenvalue weighted by Gasteiger charge is -2.08. The molecule has 0 radical (unpaired) electrons. The van der Waals surface area contributed by atoms with E-state index in [0.717, 1.165) is 21.9 Å². The number of para-hydroxylation sites is 2. The summed E-state index contributed by atoms with van der Waals surface area (Å²) in [4.78, 5) is 4.74. The quantitative estimate of drug-likeness (QED) is 0.547. The molecule has 0 spiro atoms. The summed E-state index contributed by atoms with van der Waals surface area (Å²) in [6, 6.07) is 23.0. The van der Waals surface area contributed by atoms with E-state index in [9.17, 15) is 5.11 Å². The Balaban J connectivity index is 1.68. The van der Waals surface area contributed by atoms with E-state index in [2.05, 4.69) is 53.1 Å². The van der Waals surface area contributed by atoms with Crippen molar-refractivity contribution in [3.05, 3.63) is 72.3 Å². The third-order valence-corrected chi connectivity index (χ3v) is 5.21. The van der Waals surface area contributed by atoms with Gasteiger partial charge in [0, 0.05) is 12.3 Å². The van der Waals surface area contributed by atoms with Crippen LogP contribution in [0.4, 0.5) is 0 Å². The van der Waals surface area contributed by atoms with Gasteiger partial charge < -0.3 is 9.67 Å². The average molecular weight is 334 g/mol. The van der Waals surface area contributed by atoms with Gasteiger partial charge in [0.05, 0.1) is 17.6 Å². The Morgan fingerprint density at radius 3 is 2.62 bits per heavy atom. The number of fused-ring (bicyclic) bond motifs is 2. The molecule has 24 heavy (non-hydrogen) atoms. The molecular formula is C20H18N2OS. The van der Waals surface area contributed by atoms with Gasteiger partial charge in [0.1, 0.15) is 0 Å². The van der Waals surface area contributed by atoms with E-state index in [-0.39, 0.29) is 6.61 Å². The first kappa shape index (κ1) is 15.2. The van der Waals surface area contributed by atoms with E-state index in [4.69, 9.17) is 4.98 Å². The lowest BCUT2D eigenvalue weighted by molar-refractivity contribution is 0.273. The molecule has 0 amide bonds. The zero-order valence-corrected chi connectivity index (χ0v) is 14.0. The number of rotatable bonds is 5. The van der Waals surface area contributed by atoms with Crippen molar-refractivity contribution in [1.82, 2.24) is 9.55 Å². The van der Waals surface area contributed by atoms with Crippen molar-refractivity contribution in [2.75, 3.05) is 6.61 Å². The highest BCUT2D eigenvalue weighted by Crippen LogP contribution is 2.29. The van der Waals surface area contributed by atoms with Crippen molar-refractivity contribution in [1.29, 1.82) is 0 Å². The molecule has 0 aliphatic rings. The topological polar surface area (TPSA) is 38.0 Å². The van der Waals surface area contributed by atoms with Crippen molar-refractivity contribution in [3.8, 4) is 0 Å². The fourth-order valence-electron chi connectivity index (χ4n) is 3.04. The Morgan fingerprint density at radius 1 is 0.917 bits per heavy atom. The van der Waals surface area contributed by atoms with Crippen molar-refractivity contribution in [3.63, 3.8) is 0 Å². The van der Waals surface area contributed by atoms with Gasteiger partial charge >= 0.3 is 0 Å². The van der Waals surface area contributed by atoms with Crippen molar-refractivity contribution < 1.29 is 5.11 Å². The van der Waals surface area contributed by atoms with Crippen LogP contribution >= 0.6 is 11.8 Å². The highest BCUT2D eigenvalue weighted by atomic mass is 32.2. The second kappa shape index (κ2) is 6.67. The summed E-state index contributed by atoms with van der Waals surface area (Å²) in [5.74, 6) is 0.857. The van der Waals surface area contributed by atoms with Gasteiger partial charge in [-0.25, -0.2) is 4.98 Å². The Kier molecular flexibility index (Phi) is 4.24. The molecule has 4 rings (SSSR count). The summed E-state index contributed by atoms with van der Waals surface area (Å²) >= 11 is 1.72. The maximum atomic E-state index is 9.39. The van der Waals surface area contributed by atoms with E-state index < -0.39 is 0 Å². The van der Waals surface area contributed by atoms with Crippen molar-refractivity contribution in [2.24, 2.45) is 0 Å². The zero-order chi connectivity index (χ0) is 16.4. The Bertz CT molecular complexity index is 988. The van der Waals surface area contributed by atoms with Crippen LogP contribution in [0.1, 0.15) is 5.56 Å². The van der Waals surface area contributed by atoms with E-state index >= 15 is 0 Å². The lowest BCUT2D eigenvalue weighted by atomic mass is 10.1. The third-order valence-electron chi connectivity index (χ3n) is 4.18. The summed E-state index contributed by atoms with van der Waals surface area (Å²) < 4.78 is 2.10. The van der Waals surface area contributed by atoms with Crippen LogP contribution in [0.5, 0.6) is 0 Å². The molecule has 3 nitrogen and oxygen atoms in total. The highest BCUT2D eigenvalue weighted by Gasteiger charge is 2.11. The van der Waals surface area contributed by atoms with Gasteiger partial charge in [-0.15, -0.1) is 0 Å². The number of hydrogen-bond donors (Lipinski definition) is 1.